The van der Waals surface area contributed by atoms with Crippen molar-refractivity contribution < 1.29 is 18.0 Å². The van der Waals surface area contributed by atoms with Crippen LogP contribution in [0.2, 0.25) is 0 Å². The zero-order valence-corrected chi connectivity index (χ0v) is 24.6. The van der Waals surface area contributed by atoms with E-state index in [4.69, 9.17) is 17.5 Å². The Balaban J connectivity index is 1.37. The first-order chi connectivity index (χ1) is 19.4. The summed E-state index contributed by atoms with van der Waals surface area (Å²) < 4.78 is 40.4. The molecule has 1 saturated heterocycles. The van der Waals surface area contributed by atoms with Crippen LogP contribution in [-0.2, 0) is 17.5 Å². The number of nitrogens with one attached hydrogen (secondary N) is 1. The lowest BCUT2D eigenvalue weighted by Crippen LogP contribution is -2.54. The minimum atomic E-state index is -4.72. The van der Waals surface area contributed by atoms with Crippen molar-refractivity contribution in [3.05, 3.63) is 53.2 Å². The molecule has 0 radical (unpaired) electrons. The number of nitriles is 1. The van der Waals surface area contributed by atoms with Crippen LogP contribution in [0.15, 0.2) is 36.5 Å². The first-order valence-electron chi connectivity index (χ1n) is 14.0. The minimum absolute atomic E-state index is 0.0346. The van der Waals surface area contributed by atoms with Gasteiger partial charge in [0.05, 0.1) is 22.7 Å². The number of thiocarbonyl (C=S) groups is 1. The van der Waals surface area contributed by atoms with Gasteiger partial charge in [-0.2, -0.15) is 18.4 Å². The summed E-state index contributed by atoms with van der Waals surface area (Å²) in [5, 5.41) is 12.8. The Hall–Kier alpha value is -3.23. The van der Waals surface area contributed by atoms with E-state index in [-0.39, 0.29) is 5.69 Å². The van der Waals surface area contributed by atoms with Gasteiger partial charge in [0.1, 0.15) is 11.4 Å². The van der Waals surface area contributed by atoms with E-state index in [1.54, 1.807) is 31.0 Å². The van der Waals surface area contributed by atoms with Crippen LogP contribution in [0, 0.1) is 17.2 Å². The second kappa shape index (κ2) is 12.7. The molecule has 4 rings (SSSR count). The Kier molecular flexibility index (Phi) is 9.55. The van der Waals surface area contributed by atoms with Gasteiger partial charge in [-0.25, -0.2) is 4.98 Å². The zero-order valence-electron chi connectivity index (χ0n) is 23.7. The SMILES string of the molecule is CN(C(=O)C(C)(C)N(C=S)Cc1ccc(N2CCC(CNC3CCC3)CC2)nc1)c1ccc(C#N)c(C(F)(F)F)c1. The van der Waals surface area contributed by atoms with Gasteiger partial charge in [-0.1, -0.05) is 24.7 Å². The molecule has 1 N–H and O–H groups in total. The molecule has 0 spiro atoms. The van der Waals surface area contributed by atoms with Gasteiger partial charge in [0.15, 0.2) is 0 Å². The van der Waals surface area contributed by atoms with Gasteiger partial charge in [0.25, 0.3) is 5.91 Å². The molecule has 0 atom stereocenters. The normalized spacial score (nSPS) is 16.6. The standard InChI is InChI=1S/C30H37F3N6OS/c1-29(2,28(40)37(3)25-9-8-23(16-34)26(15-25)30(31,32)33)39(20-41)19-22-7-10-27(36-18-22)38-13-11-21(12-14-38)17-35-24-5-4-6-24/h7-10,15,18,20-21,24,35H,4-6,11-14,17,19H2,1-3H3. The van der Waals surface area contributed by atoms with E-state index in [1.807, 2.05) is 12.1 Å². The van der Waals surface area contributed by atoms with Crippen LogP contribution in [0.4, 0.5) is 24.7 Å². The largest absolute Gasteiger partial charge is 0.417 e. The van der Waals surface area contributed by atoms with Crippen molar-refractivity contribution in [1.82, 2.24) is 15.2 Å². The number of alkyl halides is 3. The average Bonchev–Trinajstić information content (AvgIpc) is 2.94. The highest BCUT2D eigenvalue weighted by Crippen LogP contribution is 2.35. The van der Waals surface area contributed by atoms with E-state index in [0.29, 0.717) is 18.5 Å². The molecule has 1 aliphatic heterocycles. The van der Waals surface area contributed by atoms with Gasteiger partial charge in [0, 0.05) is 44.6 Å². The van der Waals surface area contributed by atoms with Gasteiger partial charge in [0.2, 0.25) is 0 Å². The number of carbonyl (C=O) groups is 1. The lowest BCUT2D eigenvalue weighted by molar-refractivity contribution is -0.137. The van der Waals surface area contributed by atoms with Crippen LogP contribution in [0.3, 0.4) is 0 Å². The van der Waals surface area contributed by atoms with Gasteiger partial charge >= 0.3 is 6.18 Å². The molecular weight excluding hydrogens is 549 g/mol. The molecular formula is C30H37F3N6OS. The third-order valence-electron chi connectivity index (χ3n) is 8.39. The van der Waals surface area contributed by atoms with E-state index < -0.39 is 28.7 Å². The topological polar surface area (TPSA) is 75.5 Å². The summed E-state index contributed by atoms with van der Waals surface area (Å²) in [5.41, 5.74) is -0.465. The van der Waals surface area contributed by atoms with Crippen molar-refractivity contribution in [2.24, 2.45) is 5.92 Å². The lowest BCUT2D eigenvalue weighted by atomic mass is 9.91. The summed E-state index contributed by atoms with van der Waals surface area (Å²) in [7, 11) is 1.41. The van der Waals surface area contributed by atoms with Gasteiger partial charge in [-0.05, 0) is 81.8 Å². The maximum Gasteiger partial charge on any atom is 0.417 e. The Morgan fingerprint density at radius 1 is 1.20 bits per heavy atom. The number of nitrogens with zero attached hydrogens (tertiary/aromatic N) is 5. The zero-order chi connectivity index (χ0) is 29.8. The highest BCUT2D eigenvalue weighted by Gasteiger charge is 2.38. The molecule has 2 aliphatic rings. The molecule has 1 aliphatic carbocycles. The fourth-order valence-corrected chi connectivity index (χ4v) is 5.63. The number of benzene rings is 1. The number of pyridine rings is 1. The molecule has 220 valence electrons. The highest BCUT2D eigenvalue weighted by atomic mass is 32.1. The summed E-state index contributed by atoms with van der Waals surface area (Å²) in [6.45, 7) is 6.68. The van der Waals surface area contributed by atoms with Crippen molar-refractivity contribution in [2.75, 3.05) is 36.5 Å². The number of amides is 1. The second-order valence-corrected chi connectivity index (χ2v) is 11.7. The van der Waals surface area contributed by atoms with Crippen molar-refractivity contribution in [3.8, 4) is 6.07 Å². The molecule has 7 nitrogen and oxygen atoms in total. The molecule has 2 aromatic rings. The second-order valence-electron chi connectivity index (χ2n) is 11.5. The number of likely N-dealkylation sites (N-methyl/N-ethyl adjacent to an activating group) is 1. The Labute approximate surface area is 245 Å². The van der Waals surface area contributed by atoms with Crippen LogP contribution in [-0.4, -0.2) is 59.5 Å². The smallest absolute Gasteiger partial charge is 0.357 e. The number of hydrogen-bond donors (Lipinski definition) is 1. The van der Waals surface area contributed by atoms with Crippen LogP contribution in [0.1, 0.15) is 62.6 Å². The van der Waals surface area contributed by atoms with Crippen molar-refractivity contribution in [1.29, 1.82) is 5.26 Å². The monoisotopic (exact) mass is 586 g/mol. The molecule has 0 bridgehead atoms. The number of aromatic nitrogens is 1. The van der Waals surface area contributed by atoms with E-state index in [1.165, 1.54) is 37.9 Å². The van der Waals surface area contributed by atoms with Crippen LogP contribution in [0.5, 0.6) is 0 Å². The molecule has 0 unspecified atom stereocenters. The molecule has 1 aromatic heterocycles. The Morgan fingerprint density at radius 3 is 2.44 bits per heavy atom. The summed E-state index contributed by atoms with van der Waals surface area (Å²) >= 11 is 5.25. The number of rotatable bonds is 10. The van der Waals surface area contributed by atoms with E-state index >= 15 is 0 Å². The molecule has 1 aromatic carbocycles. The fourth-order valence-electron chi connectivity index (χ4n) is 5.30. The Bertz CT molecular complexity index is 1260. The average molecular weight is 587 g/mol. The third-order valence-corrected chi connectivity index (χ3v) is 8.65. The van der Waals surface area contributed by atoms with E-state index in [0.717, 1.165) is 60.9 Å². The highest BCUT2D eigenvalue weighted by molar-refractivity contribution is 7.78. The Morgan fingerprint density at radius 2 is 1.90 bits per heavy atom. The van der Waals surface area contributed by atoms with Crippen LogP contribution in [0.25, 0.3) is 0 Å². The maximum absolute atomic E-state index is 13.5. The minimum Gasteiger partial charge on any atom is -0.357 e. The fraction of sp³-hybridized carbons (Fsp3) is 0.533. The van der Waals surface area contributed by atoms with E-state index in [9.17, 15) is 18.0 Å². The maximum atomic E-state index is 13.5. The summed E-state index contributed by atoms with van der Waals surface area (Å²) in [6, 6.07) is 9.47. The van der Waals surface area contributed by atoms with Gasteiger partial charge < -0.3 is 20.0 Å². The van der Waals surface area contributed by atoms with Gasteiger partial charge in [-0.3, -0.25) is 4.79 Å². The number of anilines is 2. The van der Waals surface area contributed by atoms with Crippen molar-refractivity contribution >= 4 is 35.1 Å². The first kappa shape index (κ1) is 30.7. The van der Waals surface area contributed by atoms with Gasteiger partial charge in [-0.15, -0.1) is 0 Å². The molecule has 2 fully saturated rings. The van der Waals surface area contributed by atoms with Crippen molar-refractivity contribution in [2.45, 2.75) is 70.3 Å². The summed E-state index contributed by atoms with van der Waals surface area (Å²) in [5.74, 6) is 1.17. The summed E-state index contributed by atoms with van der Waals surface area (Å²) in [6.07, 6.45) is 3.28. The quantitative estimate of drug-likeness (QED) is 0.367. The lowest BCUT2D eigenvalue weighted by Gasteiger charge is -2.38. The first-order valence-corrected chi connectivity index (χ1v) is 14.5. The number of halogens is 3. The number of hydrogen-bond acceptors (Lipinski definition) is 6. The third kappa shape index (κ3) is 7.16. The summed E-state index contributed by atoms with van der Waals surface area (Å²) in [4.78, 5) is 23.3. The van der Waals surface area contributed by atoms with Crippen LogP contribution < -0.4 is 15.1 Å². The molecule has 2 heterocycles. The number of carbonyl (C=O) groups excluding carboxylic acids is 1. The van der Waals surface area contributed by atoms with Crippen LogP contribution >= 0.6 is 12.2 Å². The molecule has 41 heavy (non-hydrogen) atoms. The van der Waals surface area contributed by atoms with Crippen molar-refractivity contribution in [3.63, 3.8) is 0 Å². The van der Waals surface area contributed by atoms with E-state index in [2.05, 4.69) is 15.2 Å². The molecule has 1 amide bonds. The molecule has 11 heteroatoms. The predicted octanol–water partition coefficient (Wildman–Crippen LogP) is 5.53. The molecule has 1 saturated carbocycles. The number of piperidine rings is 1. The predicted molar refractivity (Wildman–Crippen MR) is 158 cm³/mol.